The summed E-state index contributed by atoms with van der Waals surface area (Å²) in [6, 6.07) is 7.25. The average molecular weight is 1320 g/mol. The van der Waals surface area contributed by atoms with Crippen molar-refractivity contribution >= 4 is 64.9 Å². The summed E-state index contributed by atoms with van der Waals surface area (Å²) >= 11 is 0. The zero-order valence-corrected chi connectivity index (χ0v) is 60.0. The van der Waals surface area contributed by atoms with Gasteiger partial charge in [0.05, 0.1) is 43.4 Å². The number of ketones is 1. The van der Waals surface area contributed by atoms with E-state index in [4.69, 9.17) is 4.74 Å². The maximum atomic E-state index is 15.2. The Hall–Kier alpha value is -7.31. The van der Waals surface area contributed by atoms with Gasteiger partial charge in [-0.3, -0.25) is 52.7 Å². The number of nitrogens with zero attached hydrogens (tertiary/aromatic N) is 7. The summed E-state index contributed by atoms with van der Waals surface area (Å²) < 4.78 is 6.15. The summed E-state index contributed by atoms with van der Waals surface area (Å²) in [7, 11) is 10.1. The normalized spacial score (nSPS) is 25.8. The number of hydrogen-bond donors (Lipinski definition) is 5. The van der Waals surface area contributed by atoms with Crippen LogP contribution in [0.4, 0.5) is 0 Å². The van der Waals surface area contributed by atoms with Crippen molar-refractivity contribution in [3.05, 3.63) is 71.8 Å². The molecule has 0 bridgehead atoms. The lowest BCUT2D eigenvalue weighted by atomic mass is 9.93. The molecule has 5 N–H and O–H groups in total. The van der Waals surface area contributed by atoms with E-state index in [0.717, 1.165) is 10.5 Å². The Morgan fingerprint density at radius 1 is 0.574 bits per heavy atom. The molecule has 24 nitrogen and oxygen atoms in total. The van der Waals surface area contributed by atoms with E-state index in [0.29, 0.717) is 18.4 Å². The lowest BCUT2D eigenvalue weighted by molar-refractivity contribution is -0.151. The van der Waals surface area contributed by atoms with Crippen LogP contribution in [0.15, 0.2) is 60.7 Å². The van der Waals surface area contributed by atoms with Gasteiger partial charge in [-0.1, -0.05) is 122 Å². The van der Waals surface area contributed by atoms with Crippen LogP contribution in [-0.4, -0.2) is 246 Å². The van der Waals surface area contributed by atoms with Crippen LogP contribution in [-0.2, 0) is 70.3 Å². The first-order valence-electron chi connectivity index (χ1n) is 33.1. The van der Waals surface area contributed by atoms with Crippen molar-refractivity contribution in [1.82, 2.24) is 55.6 Å². The predicted molar refractivity (Wildman–Crippen MR) is 361 cm³/mol. The smallest absolute Gasteiger partial charge is 0.248 e. The Morgan fingerprint density at radius 2 is 1.10 bits per heavy atom. The molecule has 12 atom stereocenters. The second-order valence-electron chi connectivity index (χ2n) is 27.9. The van der Waals surface area contributed by atoms with E-state index in [-0.39, 0.29) is 63.1 Å². The van der Waals surface area contributed by atoms with Crippen LogP contribution in [0.2, 0.25) is 0 Å². The molecule has 0 unspecified atom stereocenters. The van der Waals surface area contributed by atoms with Gasteiger partial charge in [-0.15, -0.1) is 0 Å². The molecule has 24 heteroatoms. The highest BCUT2D eigenvalue weighted by atomic mass is 16.5. The molecule has 0 aromatic heterocycles. The lowest BCUT2D eigenvalue weighted by Crippen LogP contribution is -2.61. The first-order chi connectivity index (χ1) is 43.8. The van der Waals surface area contributed by atoms with Crippen molar-refractivity contribution in [2.75, 3.05) is 75.6 Å². The highest BCUT2D eigenvalue weighted by Crippen LogP contribution is 2.24. The van der Waals surface area contributed by atoms with Crippen molar-refractivity contribution in [3.8, 4) is 0 Å². The molecule has 0 aliphatic carbocycles. The predicted octanol–water partition coefficient (Wildman–Crippen LogP) is 3.56. The van der Waals surface area contributed by atoms with Crippen LogP contribution >= 0.6 is 0 Å². The summed E-state index contributed by atoms with van der Waals surface area (Å²) in [6.45, 7) is 23.3. The molecule has 2 aromatic rings. The molecule has 2 aromatic carbocycles. The first kappa shape index (κ1) is 80.9. The topological polar surface area (TPSA) is 288 Å². The second-order valence-corrected chi connectivity index (χ2v) is 27.9. The number of aliphatic hydroxyl groups is 1. The number of hydrogen-bond acceptors (Lipinski definition) is 14. The number of Topliss-reactive ketones (excluding diaryl/α,β-unsaturated/α-hetero) is 1. The van der Waals surface area contributed by atoms with Crippen LogP contribution in [0.25, 0.3) is 0 Å². The fourth-order valence-electron chi connectivity index (χ4n) is 11.8. The number of benzene rings is 2. The zero-order chi connectivity index (χ0) is 71.4. The number of aliphatic hydroxyl groups excluding tert-OH is 1. The molecule has 10 amide bonds. The third-order valence-electron chi connectivity index (χ3n) is 17.8. The molecule has 526 valence electrons. The third-order valence-corrected chi connectivity index (χ3v) is 17.8. The second kappa shape index (κ2) is 37.1. The summed E-state index contributed by atoms with van der Waals surface area (Å²) in [5.74, 6) is -8.60. The molecule has 1 saturated heterocycles. The van der Waals surface area contributed by atoms with Gasteiger partial charge in [-0.25, -0.2) is 0 Å². The maximum absolute atomic E-state index is 15.2. The first-order valence-corrected chi connectivity index (χ1v) is 33.1. The minimum absolute atomic E-state index is 0.000232. The molecule has 1 heterocycles. The molecule has 0 spiro atoms. The third kappa shape index (κ3) is 23.6. The Balaban J connectivity index is 2.26. The van der Waals surface area contributed by atoms with E-state index in [2.05, 4.69) is 21.3 Å². The van der Waals surface area contributed by atoms with Crippen molar-refractivity contribution in [2.24, 2.45) is 29.6 Å². The number of ether oxygens (including phenoxy) is 1. The van der Waals surface area contributed by atoms with E-state index in [1.54, 1.807) is 65.0 Å². The standard InChI is InChI=1S/C70H113N11O13/c1-22-45(8)53-37-58(84)73-52(41-94-70(12,13)14)67(91)80(20)56(36-50-31-27-24-28-32-50)68(92)81(21)61(44(6)7)63(87)72-46(9)64(88)76(16)47(10)65(89)78(18)54(35-49-29-25-23-26-30-49)57(83)39-71-38-51(33-42(2)3)66(90)79(19)55(34-43(4)5)62(86)74-60(48(11)82)69(93)75(15)40-59(85)77(53)17/h23-32,42-48,51-56,60-61,71,82H,22,33-41H2,1-21H3,(H,72,87)(H,73,84)(H,74,86)/t45-,46-,47-,48+,51+,52-,53+,54-,55-,56-,60-,61-/m0/s1. The molecule has 0 radical (unpaired) electrons. The van der Waals surface area contributed by atoms with Crippen LogP contribution in [0.5, 0.6) is 0 Å². The van der Waals surface area contributed by atoms with E-state index in [9.17, 15) is 48.3 Å². The van der Waals surface area contributed by atoms with E-state index in [1.807, 2.05) is 71.9 Å². The molecule has 1 fully saturated rings. The molecule has 0 saturated carbocycles. The Morgan fingerprint density at radius 3 is 1.60 bits per heavy atom. The van der Waals surface area contributed by atoms with E-state index < -0.39 is 149 Å². The Bertz CT molecular complexity index is 2870. The van der Waals surface area contributed by atoms with Gasteiger partial charge in [0.2, 0.25) is 59.1 Å². The number of carbonyl (C=O) groups excluding carboxylic acids is 11. The molecular formula is C70H113N11O13. The van der Waals surface area contributed by atoms with Crippen LogP contribution < -0.4 is 21.3 Å². The van der Waals surface area contributed by atoms with E-state index >= 15 is 9.59 Å². The number of nitrogens with one attached hydrogen (secondary N) is 4. The molecule has 94 heavy (non-hydrogen) atoms. The monoisotopic (exact) mass is 1320 g/mol. The summed E-state index contributed by atoms with van der Waals surface area (Å²) in [6.07, 6.45) is -0.681. The summed E-state index contributed by atoms with van der Waals surface area (Å²) in [4.78, 5) is 170. The highest BCUT2D eigenvalue weighted by molar-refractivity contribution is 5.98. The van der Waals surface area contributed by atoms with Gasteiger partial charge >= 0.3 is 0 Å². The van der Waals surface area contributed by atoms with E-state index in [1.165, 1.54) is 99.5 Å². The van der Waals surface area contributed by atoms with Crippen LogP contribution in [0.1, 0.15) is 134 Å². The van der Waals surface area contributed by atoms with Gasteiger partial charge in [0.1, 0.15) is 42.3 Å². The van der Waals surface area contributed by atoms with Crippen LogP contribution in [0, 0.1) is 29.6 Å². The van der Waals surface area contributed by atoms with Crippen molar-refractivity contribution in [2.45, 2.75) is 202 Å². The fourth-order valence-corrected chi connectivity index (χ4v) is 11.8. The van der Waals surface area contributed by atoms with Gasteiger partial charge < -0.3 is 65.4 Å². The SMILES string of the molecule is CC[C@H](C)[C@H]1CC(=O)N[C@@H](COC(C)(C)C)C(=O)N(C)[C@@H](Cc2ccccc2)C(=O)N(C)[C@@H](C(C)C)C(=O)N[C@@H](C)C(=O)N(C)[C@@H](C)C(=O)N(C)[C@@H](Cc2ccccc2)C(=O)CNC[C@@H](CC(C)C)C(=O)N(C)[C@@H](CC(C)C)C(=O)N[C@@H]([C@@H](C)O)C(=O)N(C)CC(=O)N1C. The Labute approximate surface area is 559 Å². The van der Waals surface area contributed by atoms with Gasteiger partial charge in [-0.05, 0) is 95.6 Å². The fraction of sp³-hybridized carbons (Fsp3) is 0.671. The number of rotatable bonds is 14. The minimum Gasteiger partial charge on any atom is -0.391 e. The number of carbonyl (C=O) groups is 11. The number of amides is 10. The highest BCUT2D eigenvalue weighted by Gasteiger charge is 2.42. The zero-order valence-electron chi connectivity index (χ0n) is 60.0. The minimum atomic E-state index is -1.57. The molecule has 3 rings (SSSR count). The Kier molecular flexibility index (Phi) is 31.9. The maximum Gasteiger partial charge on any atom is 0.248 e. The van der Waals surface area contributed by atoms with Gasteiger partial charge in [0, 0.05) is 74.8 Å². The quantitative estimate of drug-likeness (QED) is 0.181. The number of likely N-dealkylation sites (N-methyl/N-ethyl adjacent to an activating group) is 7. The van der Waals surface area contributed by atoms with Gasteiger partial charge in [-0.2, -0.15) is 0 Å². The van der Waals surface area contributed by atoms with Crippen molar-refractivity contribution in [1.29, 1.82) is 0 Å². The van der Waals surface area contributed by atoms with Crippen molar-refractivity contribution in [3.63, 3.8) is 0 Å². The summed E-state index contributed by atoms with van der Waals surface area (Å²) in [5.41, 5.74) is 0.615. The average Bonchev–Trinajstić information content (AvgIpc) is 0.863. The van der Waals surface area contributed by atoms with Crippen LogP contribution in [0.3, 0.4) is 0 Å². The summed E-state index contributed by atoms with van der Waals surface area (Å²) in [5, 5.41) is 22.6. The molecule has 1 aliphatic rings. The molecular weight excluding hydrogens is 1200 g/mol. The lowest BCUT2D eigenvalue weighted by Gasteiger charge is -2.38. The largest absolute Gasteiger partial charge is 0.391 e. The molecule has 1 aliphatic heterocycles. The van der Waals surface area contributed by atoms with Gasteiger partial charge in [0.15, 0.2) is 5.78 Å². The van der Waals surface area contributed by atoms with Gasteiger partial charge in [0.25, 0.3) is 0 Å². The van der Waals surface area contributed by atoms with Crippen molar-refractivity contribution < 1.29 is 62.6 Å².